The topological polar surface area (TPSA) is 96.6 Å². The van der Waals surface area contributed by atoms with E-state index in [4.69, 9.17) is 5.11 Å². The molecular formula is C11H11BrN4O3. The molecule has 8 heteroatoms. The highest BCUT2D eigenvalue weighted by Gasteiger charge is 2.22. The summed E-state index contributed by atoms with van der Waals surface area (Å²) in [5.41, 5.74) is 0.496. The molecule has 2 heterocycles. The number of carboxylic acids is 1. The molecule has 100 valence electrons. The lowest BCUT2D eigenvalue weighted by atomic mass is 10.2. The van der Waals surface area contributed by atoms with Gasteiger partial charge in [-0.25, -0.2) is 4.79 Å². The Hall–Kier alpha value is -1.96. The molecule has 7 nitrogen and oxygen atoms in total. The van der Waals surface area contributed by atoms with Gasteiger partial charge >= 0.3 is 5.97 Å². The summed E-state index contributed by atoms with van der Waals surface area (Å²) < 4.78 is 2.19. The Labute approximate surface area is 116 Å². The number of hydrogen-bond donors (Lipinski definition) is 2. The van der Waals surface area contributed by atoms with Crippen LogP contribution in [0, 0.1) is 0 Å². The van der Waals surface area contributed by atoms with Crippen LogP contribution in [-0.4, -0.2) is 37.6 Å². The number of nitrogens with one attached hydrogen (secondary N) is 1. The molecule has 2 aromatic heterocycles. The van der Waals surface area contributed by atoms with Crippen molar-refractivity contribution in [3.63, 3.8) is 0 Å². The van der Waals surface area contributed by atoms with Crippen molar-refractivity contribution < 1.29 is 14.7 Å². The normalized spacial score (nSPS) is 12.3. The summed E-state index contributed by atoms with van der Waals surface area (Å²) >= 11 is 3.30. The molecule has 0 unspecified atom stereocenters. The van der Waals surface area contributed by atoms with Gasteiger partial charge in [-0.3, -0.25) is 9.20 Å². The van der Waals surface area contributed by atoms with Crippen LogP contribution in [0.2, 0.25) is 0 Å². The minimum Gasteiger partial charge on any atom is -0.480 e. The van der Waals surface area contributed by atoms with E-state index in [0.29, 0.717) is 16.5 Å². The number of pyridine rings is 1. The molecule has 0 saturated carbocycles. The van der Waals surface area contributed by atoms with Crippen LogP contribution < -0.4 is 5.32 Å². The lowest BCUT2D eigenvalue weighted by Crippen LogP contribution is -2.40. The van der Waals surface area contributed by atoms with Crippen LogP contribution in [0.5, 0.6) is 0 Å². The highest BCUT2D eigenvalue weighted by molar-refractivity contribution is 9.10. The minimum absolute atomic E-state index is 0.0519. The fraction of sp³-hybridized carbons (Fsp3) is 0.273. The molecule has 0 radical (unpaired) electrons. The summed E-state index contributed by atoms with van der Waals surface area (Å²) in [6, 6.07) is 2.57. The molecule has 0 saturated heterocycles. The van der Waals surface area contributed by atoms with Crippen molar-refractivity contribution in [3.8, 4) is 0 Å². The molecular weight excluding hydrogens is 316 g/mol. The van der Waals surface area contributed by atoms with Crippen LogP contribution >= 0.6 is 15.9 Å². The third-order valence-corrected chi connectivity index (χ3v) is 3.22. The van der Waals surface area contributed by atoms with Crippen molar-refractivity contribution in [3.05, 3.63) is 28.6 Å². The standard InChI is InChI=1S/C11H11BrN4O3/c1-2-7(11(18)19)13-10(17)9-15-14-8-6(12)4-3-5-16(8)9/h3-5,7H,2H2,1H3,(H,13,17)(H,18,19)/t7-/m1/s1. The number of fused-ring (bicyclic) bond motifs is 1. The van der Waals surface area contributed by atoms with Crippen LogP contribution in [0.15, 0.2) is 22.8 Å². The fourth-order valence-corrected chi connectivity index (χ4v) is 2.02. The minimum atomic E-state index is -1.08. The zero-order valence-electron chi connectivity index (χ0n) is 10.00. The third-order valence-electron chi connectivity index (χ3n) is 2.60. The Balaban J connectivity index is 2.32. The second-order valence-corrected chi connectivity index (χ2v) is 4.70. The molecule has 0 aromatic carbocycles. The maximum atomic E-state index is 12.0. The monoisotopic (exact) mass is 326 g/mol. The lowest BCUT2D eigenvalue weighted by molar-refractivity contribution is -0.139. The molecule has 1 amide bonds. The Bertz CT molecular complexity index is 640. The maximum Gasteiger partial charge on any atom is 0.326 e. The zero-order chi connectivity index (χ0) is 14.0. The molecule has 0 aliphatic carbocycles. The number of nitrogens with zero attached hydrogens (tertiary/aromatic N) is 3. The number of carboxylic acid groups (broad SMARTS) is 1. The molecule has 1 atom stereocenters. The number of halogens is 1. The van der Waals surface area contributed by atoms with Crippen LogP contribution in [0.1, 0.15) is 24.0 Å². The first-order valence-corrected chi connectivity index (χ1v) is 6.36. The van der Waals surface area contributed by atoms with E-state index in [2.05, 4.69) is 31.4 Å². The summed E-state index contributed by atoms with van der Waals surface area (Å²) in [5.74, 6) is -1.60. The first-order valence-electron chi connectivity index (χ1n) is 5.57. The van der Waals surface area contributed by atoms with Gasteiger partial charge in [-0.05, 0) is 34.5 Å². The van der Waals surface area contributed by atoms with Gasteiger partial charge in [-0.2, -0.15) is 0 Å². The van der Waals surface area contributed by atoms with Crippen molar-refractivity contribution in [2.24, 2.45) is 0 Å². The van der Waals surface area contributed by atoms with Crippen molar-refractivity contribution in [1.82, 2.24) is 19.9 Å². The molecule has 2 rings (SSSR count). The first kappa shape index (κ1) is 13.5. The largest absolute Gasteiger partial charge is 0.480 e. The van der Waals surface area contributed by atoms with E-state index in [1.54, 1.807) is 25.3 Å². The van der Waals surface area contributed by atoms with Gasteiger partial charge in [-0.15, -0.1) is 10.2 Å². The number of carbonyl (C=O) groups excluding carboxylic acids is 1. The summed E-state index contributed by atoms with van der Waals surface area (Å²) in [6.45, 7) is 1.68. The Morgan fingerprint density at radius 3 is 2.89 bits per heavy atom. The number of aliphatic carboxylic acids is 1. The van der Waals surface area contributed by atoms with Gasteiger partial charge in [0.1, 0.15) is 6.04 Å². The quantitative estimate of drug-likeness (QED) is 0.876. The molecule has 0 aliphatic heterocycles. The number of rotatable bonds is 4. The van der Waals surface area contributed by atoms with Gasteiger partial charge in [0.15, 0.2) is 5.65 Å². The number of aromatic nitrogens is 3. The zero-order valence-corrected chi connectivity index (χ0v) is 11.6. The number of amides is 1. The van der Waals surface area contributed by atoms with Crippen LogP contribution in [-0.2, 0) is 4.79 Å². The summed E-state index contributed by atoms with van der Waals surface area (Å²) in [6.07, 6.45) is 1.93. The fourth-order valence-electron chi connectivity index (χ4n) is 1.60. The van der Waals surface area contributed by atoms with Crippen molar-refractivity contribution in [1.29, 1.82) is 0 Å². The highest BCUT2D eigenvalue weighted by Crippen LogP contribution is 2.16. The molecule has 2 aromatic rings. The van der Waals surface area contributed by atoms with E-state index in [0.717, 1.165) is 0 Å². The Morgan fingerprint density at radius 1 is 1.53 bits per heavy atom. The van der Waals surface area contributed by atoms with E-state index in [9.17, 15) is 9.59 Å². The number of carbonyl (C=O) groups is 2. The number of hydrogen-bond acceptors (Lipinski definition) is 4. The van der Waals surface area contributed by atoms with E-state index in [1.807, 2.05) is 0 Å². The van der Waals surface area contributed by atoms with Crippen LogP contribution in [0.4, 0.5) is 0 Å². The maximum absolute atomic E-state index is 12.0. The van der Waals surface area contributed by atoms with Gasteiger partial charge in [-0.1, -0.05) is 6.92 Å². The Kier molecular flexibility index (Phi) is 3.79. The summed E-state index contributed by atoms with van der Waals surface area (Å²) in [5, 5.41) is 19.0. The van der Waals surface area contributed by atoms with Crippen molar-refractivity contribution in [2.75, 3.05) is 0 Å². The van der Waals surface area contributed by atoms with Crippen LogP contribution in [0.3, 0.4) is 0 Å². The SMILES string of the molecule is CC[C@@H](NC(=O)c1nnc2c(Br)cccn12)C(=O)O. The summed E-state index contributed by atoms with van der Waals surface area (Å²) in [7, 11) is 0. The van der Waals surface area contributed by atoms with Crippen molar-refractivity contribution in [2.45, 2.75) is 19.4 Å². The average molecular weight is 327 g/mol. The molecule has 0 fully saturated rings. The van der Waals surface area contributed by atoms with Gasteiger partial charge in [0, 0.05) is 6.20 Å². The van der Waals surface area contributed by atoms with Gasteiger partial charge < -0.3 is 10.4 Å². The predicted molar refractivity (Wildman–Crippen MR) is 69.9 cm³/mol. The second kappa shape index (κ2) is 5.35. The second-order valence-electron chi connectivity index (χ2n) is 3.85. The van der Waals surface area contributed by atoms with Crippen LogP contribution in [0.25, 0.3) is 5.65 Å². The van der Waals surface area contributed by atoms with Gasteiger partial charge in [0.25, 0.3) is 5.91 Å². The predicted octanol–water partition coefficient (Wildman–Crippen LogP) is 1.08. The van der Waals surface area contributed by atoms with E-state index >= 15 is 0 Å². The molecule has 19 heavy (non-hydrogen) atoms. The Morgan fingerprint density at radius 2 is 2.26 bits per heavy atom. The van der Waals surface area contributed by atoms with E-state index in [1.165, 1.54) is 4.40 Å². The molecule has 0 aliphatic rings. The highest BCUT2D eigenvalue weighted by atomic mass is 79.9. The molecule has 0 bridgehead atoms. The van der Waals surface area contributed by atoms with Gasteiger partial charge in [0.2, 0.25) is 5.82 Å². The third kappa shape index (κ3) is 2.58. The van der Waals surface area contributed by atoms with E-state index < -0.39 is 17.9 Å². The van der Waals surface area contributed by atoms with Gasteiger partial charge in [0.05, 0.1) is 4.47 Å². The molecule has 0 spiro atoms. The van der Waals surface area contributed by atoms with E-state index in [-0.39, 0.29) is 5.82 Å². The molecule has 2 N–H and O–H groups in total. The average Bonchev–Trinajstić information content (AvgIpc) is 2.80. The lowest BCUT2D eigenvalue weighted by Gasteiger charge is -2.10. The smallest absolute Gasteiger partial charge is 0.326 e. The first-order chi connectivity index (χ1) is 9.04. The van der Waals surface area contributed by atoms with Crippen molar-refractivity contribution >= 4 is 33.5 Å². The summed E-state index contributed by atoms with van der Waals surface area (Å²) in [4.78, 5) is 22.9.